The van der Waals surface area contributed by atoms with Gasteiger partial charge in [0.2, 0.25) is 5.91 Å². The number of carbonyl (C=O) groups is 1. The number of piperidine rings is 1. The van der Waals surface area contributed by atoms with Gasteiger partial charge >= 0.3 is 5.69 Å². The fraction of sp³-hybridized carbons (Fsp3) is 0.562. The minimum Gasteiger partial charge on any atom is -0.394 e. The Morgan fingerprint density at radius 3 is 3.00 bits per heavy atom. The molecule has 2 aromatic heterocycles. The van der Waals surface area contributed by atoms with E-state index >= 15 is 0 Å². The maximum absolute atomic E-state index is 12.5. The molecule has 1 fully saturated rings. The van der Waals surface area contributed by atoms with Gasteiger partial charge in [-0.1, -0.05) is 13.0 Å². The third-order valence-electron chi connectivity index (χ3n) is 4.65. The lowest BCUT2D eigenvalue weighted by Gasteiger charge is -2.39. The number of rotatable bonds is 4. The van der Waals surface area contributed by atoms with Gasteiger partial charge in [-0.25, -0.2) is 9.48 Å². The summed E-state index contributed by atoms with van der Waals surface area (Å²) < 4.78 is 2.79. The second-order valence-corrected chi connectivity index (χ2v) is 6.14. The molecule has 1 amide bonds. The van der Waals surface area contributed by atoms with Crippen molar-refractivity contribution < 1.29 is 9.90 Å². The summed E-state index contributed by atoms with van der Waals surface area (Å²) in [7, 11) is 0. The Hall–Kier alpha value is -2.15. The largest absolute Gasteiger partial charge is 0.394 e. The monoisotopic (exact) mass is 318 g/mol. The molecule has 1 N–H and O–H groups in total. The van der Waals surface area contributed by atoms with Gasteiger partial charge < -0.3 is 10.0 Å². The van der Waals surface area contributed by atoms with E-state index in [2.05, 4.69) is 12.0 Å². The lowest BCUT2D eigenvalue weighted by atomic mass is 9.91. The molecule has 1 saturated heterocycles. The van der Waals surface area contributed by atoms with Gasteiger partial charge in [0, 0.05) is 19.2 Å². The van der Waals surface area contributed by atoms with E-state index in [1.54, 1.807) is 23.2 Å². The average Bonchev–Trinajstić information content (AvgIpc) is 2.89. The molecule has 7 nitrogen and oxygen atoms in total. The van der Waals surface area contributed by atoms with Crippen molar-refractivity contribution >= 4 is 11.6 Å². The molecule has 2 atom stereocenters. The topological polar surface area (TPSA) is 79.8 Å². The van der Waals surface area contributed by atoms with Crippen LogP contribution >= 0.6 is 0 Å². The molecule has 3 heterocycles. The van der Waals surface area contributed by atoms with Crippen LogP contribution in [-0.4, -0.2) is 49.3 Å². The first-order valence-electron chi connectivity index (χ1n) is 8.06. The Morgan fingerprint density at radius 1 is 1.43 bits per heavy atom. The maximum atomic E-state index is 12.5. The highest BCUT2D eigenvalue weighted by Gasteiger charge is 2.30. The number of fused-ring (bicyclic) bond motifs is 1. The summed E-state index contributed by atoms with van der Waals surface area (Å²) in [4.78, 5) is 26.4. The Morgan fingerprint density at radius 2 is 2.26 bits per heavy atom. The quantitative estimate of drug-likeness (QED) is 0.890. The van der Waals surface area contributed by atoms with Crippen LogP contribution in [0.4, 0.5) is 0 Å². The zero-order chi connectivity index (χ0) is 16.4. The van der Waals surface area contributed by atoms with Crippen molar-refractivity contribution in [1.82, 2.24) is 19.1 Å². The molecule has 1 aliphatic heterocycles. The maximum Gasteiger partial charge on any atom is 0.350 e. The van der Waals surface area contributed by atoms with E-state index in [0.29, 0.717) is 18.1 Å². The number of aryl methyl sites for hydroxylation is 1. The number of likely N-dealkylation sites (tertiary alicyclic amines) is 1. The van der Waals surface area contributed by atoms with Crippen LogP contribution in [-0.2, 0) is 11.3 Å². The number of carbonyl (C=O) groups excluding carboxylic acids is 1. The summed E-state index contributed by atoms with van der Waals surface area (Å²) in [5.74, 6) is 0.273. The van der Waals surface area contributed by atoms with Crippen molar-refractivity contribution in [2.24, 2.45) is 5.92 Å². The van der Waals surface area contributed by atoms with E-state index in [0.717, 1.165) is 12.8 Å². The molecule has 2 unspecified atom stereocenters. The van der Waals surface area contributed by atoms with Gasteiger partial charge in [-0.2, -0.15) is 0 Å². The third-order valence-corrected chi connectivity index (χ3v) is 4.65. The van der Waals surface area contributed by atoms with E-state index in [1.807, 2.05) is 6.07 Å². The van der Waals surface area contributed by atoms with E-state index < -0.39 is 0 Å². The molecule has 0 saturated carbocycles. The van der Waals surface area contributed by atoms with Crippen molar-refractivity contribution in [3.8, 4) is 0 Å². The Bertz CT molecular complexity index is 751. The second-order valence-electron chi connectivity index (χ2n) is 6.14. The van der Waals surface area contributed by atoms with Crippen LogP contribution in [0.3, 0.4) is 0 Å². The lowest BCUT2D eigenvalue weighted by molar-refractivity contribution is -0.137. The highest BCUT2D eigenvalue weighted by molar-refractivity contribution is 5.76. The summed E-state index contributed by atoms with van der Waals surface area (Å²) in [5.41, 5.74) is 0.337. The third kappa shape index (κ3) is 3.01. The summed E-state index contributed by atoms with van der Waals surface area (Å²) in [6, 6.07) is 5.23. The second kappa shape index (κ2) is 6.54. The molecule has 0 bridgehead atoms. The van der Waals surface area contributed by atoms with E-state index in [1.165, 1.54) is 9.08 Å². The summed E-state index contributed by atoms with van der Waals surface area (Å²) in [6.07, 6.45) is 3.86. The molecular formula is C16H22N4O3. The first-order chi connectivity index (χ1) is 11.1. The number of amides is 1. The van der Waals surface area contributed by atoms with Crippen molar-refractivity contribution in [2.45, 2.75) is 38.8 Å². The molecule has 0 spiro atoms. The highest BCUT2D eigenvalue weighted by atomic mass is 16.3. The first-order valence-corrected chi connectivity index (χ1v) is 8.06. The zero-order valence-corrected chi connectivity index (χ0v) is 13.3. The minimum atomic E-state index is -0.237. The molecule has 0 aliphatic carbocycles. The van der Waals surface area contributed by atoms with Crippen LogP contribution < -0.4 is 5.69 Å². The number of aliphatic hydroxyl groups excluding tert-OH is 1. The molecule has 3 rings (SSSR count). The van der Waals surface area contributed by atoms with Crippen molar-refractivity contribution in [2.75, 3.05) is 13.2 Å². The van der Waals surface area contributed by atoms with E-state index in [9.17, 15) is 14.7 Å². The SMILES string of the molecule is CC1CCCN(C(=O)CCn2nc3ccccn3c2=O)C1CO. The van der Waals surface area contributed by atoms with E-state index in [4.69, 9.17) is 0 Å². The predicted octanol–water partition coefficient (Wildman–Crippen LogP) is 0.505. The van der Waals surface area contributed by atoms with Gasteiger partial charge in [-0.3, -0.25) is 9.20 Å². The number of nitrogens with zero attached hydrogens (tertiary/aromatic N) is 4. The van der Waals surface area contributed by atoms with E-state index in [-0.39, 0.29) is 37.2 Å². The molecular weight excluding hydrogens is 296 g/mol. The summed E-state index contributed by atoms with van der Waals surface area (Å²) in [6.45, 7) is 2.98. The number of pyridine rings is 1. The molecule has 1 aliphatic rings. The van der Waals surface area contributed by atoms with Gasteiger partial charge in [0.1, 0.15) is 0 Å². The standard InChI is InChI=1S/C16H22N4O3/c1-12-5-4-9-18(13(12)11-21)15(22)7-10-20-16(23)19-8-3-2-6-14(19)17-20/h2-3,6,8,12-13,21H,4-5,7,9-11H2,1H3. The van der Waals surface area contributed by atoms with Gasteiger partial charge in [-0.15, -0.1) is 5.10 Å². The molecule has 2 aromatic rings. The number of hydrogen-bond acceptors (Lipinski definition) is 4. The zero-order valence-electron chi connectivity index (χ0n) is 13.3. The van der Waals surface area contributed by atoms with Crippen LogP contribution in [0.2, 0.25) is 0 Å². The number of aliphatic hydroxyl groups is 1. The Labute approximate surface area is 134 Å². The fourth-order valence-corrected chi connectivity index (χ4v) is 3.30. The van der Waals surface area contributed by atoms with Gasteiger partial charge in [0.25, 0.3) is 0 Å². The predicted molar refractivity (Wildman–Crippen MR) is 85.1 cm³/mol. The smallest absolute Gasteiger partial charge is 0.350 e. The normalized spacial score (nSPS) is 21.7. The molecule has 0 aromatic carbocycles. The van der Waals surface area contributed by atoms with Gasteiger partial charge in [0.15, 0.2) is 5.65 Å². The highest BCUT2D eigenvalue weighted by Crippen LogP contribution is 2.23. The first kappa shape index (κ1) is 15.7. The Balaban J connectivity index is 1.70. The Kier molecular flexibility index (Phi) is 4.47. The van der Waals surface area contributed by atoms with Crippen LogP contribution in [0, 0.1) is 5.92 Å². The molecule has 7 heteroatoms. The van der Waals surface area contributed by atoms with Crippen molar-refractivity contribution in [3.05, 3.63) is 34.9 Å². The molecule has 0 radical (unpaired) electrons. The molecule has 124 valence electrons. The summed E-state index contributed by atoms with van der Waals surface area (Å²) >= 11 is 0. The average molecular weight is 318 g/mol. The van der Waals surface area contributed by atoms with Gasteiger partial charge in [-0.05, 0) is 30.9 Å². The number of aromatic nitrogens is 3. The van der Waals surface area contributed by atoms with Crippen molar-refractivity contribution in [3.63, 3.8) is 0 Å². The van der Waals surface area contributed by atoms with Crippen LogP contribution in [0.15, 0.2) is 29.2 Å². The van der Waals surface area contributed by atoms with Gasteiger partial charge in [0.05, 0.1) is 19.2 Å². The van der Waals surface area contributed by atoms with Crippen molar-refractivity contribution in [1.29, 1.82) is 0 Å². The lowest BCUT2D eigenvalue weighted by Crippen LogP contribution is -2.49. The fourth-order valence-electron chi connectivity index (χ4n) is 3.30. The van der Waals surface area contributed by atoms with Crippen LogP contribution in [0.5, 0.6) is 0 Å². The molecule has 23 heavy (non-hydrogen) atoms. The van der Waals surface area contributed by atoms with Crippen LogP contribution in [0.1, 0.15) is 26.2 Å². The summed E-state index contributed by atoms with van der Waals surface area (Å²) in [5, 5.41) is 13.8. The number of hydrogen-bond donors (Lipinski definition) is 1. The van der Waals surface area contributed by atoms with Crippen LogP contribution in [0.25, 0.3) is 5.65 Å². The minimum absolute atomic E-state index is 0.0127.